The molecule has 0 bridgehead atoms. The number of amides is 2. The molecule has 0 saturated carbocycles. The van der Waals surface area contributed by atoms with Gasteiger partial charge >= 0.3 is 5.97 Å². The first-order valence-electron chi connectivity index (χ1n) is 11.3. The molecule has 2 amide bonds. The third-order valence-corrected chi connectivity index (χ3v) is 6.16. The number of methoxy groups -OCH3 is 1. The minimum atomic E-state index is -1.10. The van der Waals surface area contributed by atoms with Crippen LogP contribution in [0.1, 0.15) is 39.2 Å². The summed E-state index contributed by atoms with van der Waals surface area (Å²) in [5.74, 6) is 0.418. The summed E-state index contributed by atoms with van der Waals surface area (Å²) in [6.07, 6.45) is 3.49. The Balaban J connectivity index is 1.88. The maximum atomic E-state index is 12.6. The summed E-state index contributed by atoms with van der Waals surface area (Å²) in [5.41, 5.74) is 2.18. The zero-order chi connectivity index (χ0) is 24.4. The van der Waals surface area contributed by atoms with Gasteiger partial charge in [-0.25, -0.2) is 4.79 Å². The minimum absolute atomic E-state index is 0.0217. The Bertz CT molecular complexity index is 834. The second kappa shape index (κ2) is 13.0. The summed E-state index contributed by atoms with van der Waals surface area (Å²) in [6.45, 7) is 6.53. The summed E-state index contributed by atoms with van der Waals surface area (Å²) < 4.78 is 10.00. The predicted molar refractivity (Wildman–Crippen MR) is 125 cm³/mol. The largest absolute Gasteiger partial charge is 0.497 e. The Morgan fingerprint density at radius 3 is 2.39 bits per heavy atom. The van der Waals surface area contributed by atoms with Crippen LogP contribution in [0.3, 0.4) is 0 Å². The van der Waals surface area contributed by atoms with Gasteiger partial charge in [-0.15, -0.1) is 0 Å². The molecule has 0 aromatic heterocycles. The molecule has 1 aliphatic rings. The molecule has 0 radical (unpaired) electrons. The number of hydrogen-bond acceptors (Lipinski definition) is 5. The molecule has 0 spiro atoms. The molecule has 0 heterocycles. The van der Waals surface area contributed by atoms with Crippen molar-refractivity contribution in [3.63, 3.8) is 0 Å². The second-order valence-electron chi connectivity index (χ2n) is 8.93. The molecule has 0 aliphatic heterocycles. The first-order valence-corrected chi connectivity index (χ1v) is 11.3. The summed E-state index contributed by atoms with van der Waals surface area (Å²) >= 11 is 0. The van der Waals surface area contributed by atoms with E-state index >= 15 is 0 Å². The number of rotatable bonds is 12. The standard InChI is InChI=1S/C25H36N2O6/c1-16(2)22-10-19(11-23(28)26-12-18-5-7-21(32-4)8-6-18)17(3)9-20(22)13-27-24(29)14-33-15-25(30)31/h5-9,16,19-20,22H,10-15H2,1-4H3,(H,26,28)(H,27,29)(H,30,31)/t19-,20-,22-/m0/s1. The third-order valence-electron chi connectivity index (χ3n) is 6.16. The average Bonchev–Trinajstić information content (AvgIpc) is 2.77. The van der Waals surface area contributed by atoms with Crippen molar-refractivity contribution >= 4 is 17.8 Å². The number of aliphatic carboxylic acids is 1. The van der Waals surface area contributed by atoms with Crippen molar-refractivity contribution in [1.29, 1.82) is 0 Å². The van der Waals surface area contributed by atoms with Crippen LogP contribution in [0, 0.1) is 23.7 Å². The van der Waals surface area contributed by atoms with Crippen LogP contribution in [0.4, 0.5) is 0 Å². The Kier molecular flexibility index (Phi) is 10.4. The van der Waals surface area contributed by atoms with Gasteiger partial charge < -0.3 is 25.2 Å². The average molecular weight is 461 g/mol. The SMILES string of the molecule is COc1ccc(CNC(=O)C[C@@H]2C[C@@H](C(C)C)[C@H](CNC(=O)COCC(=O)O)C=C2C)cc1. The Hall–Kier alpha value is -2.87. The maximum absolute atomic E-state index is 12.6. The molecule has 2 rings (SSSR count). The Morgan fingerprint density at radius 2 is 1.79 bits per heavy atom. The molecule has 3 atom stereocenters. The van der Waals surface area contributed by atoms with Crippen LogP contribution >= 0.6 is 0 Å². The van der Waals surface area contributed by atoms with Crippen molar-refractivity contribution in [2.75, 3.05) is 26.9 Å². The van der Waals surface area contributed by atoms with Gasteiger partial charge in [0.05, 0.1) is 7.11 Å². The molecule has 1 aliphatic carbocycles. The van der Waals surface area contributed by atoms with Gasteiger partial charge in [-0.3, -0.25) is 9.59 Å². The fraction of sp³-hybridized carbons (Fsp3) is 0.560. The fourth-order valence-electron chi connectivity index (χ4n) is 4.26. The van der Waals surface area contributed by atoms with Crippen molar-refractivity contribution < 1.29 is 29.0 Å². The first kappa shape index (κ1) is 26.4. The number of carbonyl (C=O) groups excluding carboxylic acids is 2. The van der Waals surface area contributed by atoms with E-state index in [0.29, 0.717) is 31.3 Å². The van der Waals surface area contributed by atoms with Crippen LogP contribution in [0.15, 0.2) is 35.9 Å². The zero-order valence-electron chi connectivity index (χ0n) is 19.9. The summed E-state index contributed by atoms with van der Waals surface area (Å²) in [7, 11) is 1.62. The smallest absolute Gasteiger partial charge is 0.329 e. The van der Waals surface area contributed by atoms with Gasteiger partial charge in [0.2, 0.25) is 11.8 Å². The monoisotopic (exact) mass is 460 g/mol. The lowest BCUT2D eigenvalue weighted by Gasteiger charge is -2.37. The minimum Gasteiger partial charge on any atom is -0.497 e. The quantitative estimate of drug-likeness (QED) is 0.413. The molecule has 0 fully saturated rings. The van der Waals surface area contributed by atoms with E-state index in [9.17, 15) is 14.4 Å². The number of nitrogens with one attached hydrogen (secondary N) is 2. The highest BCUT2D eigenvalue weighted by molar-refractivity contribution is 5.78. The fourth-order valence-corrected chi connectivity index (χ4v) is 4.26. The lowest BCUT2D eigenvalue weighted by molar-refractivity contribution is -0.143. The number of hydrogen-bond donors (Lipinski definition) is 3. The Labute approximate surface area is 195 Å². The molecule has 0 unspecified atom stereocenters. The van der Waals surface area contributed by atoms with Gasteiger partial charge in [0.25, 0.3) is 0 Å². The predicted octanol–water partition coefficient (Wildman–Crippen LogP) is 2.77. The lowest BCUT2D eigenvalue weighted by atomic mass is 9.69. The van der Waals surface area contributed by atoms with E-state index in [2.05, 4.69) is 30.6 Å². The first-order chi connectivity index (χ1) is 15.7. The van der Waals surface area contributed by atoms with Gasteiger partial charge in [0.1, 0.15) is 19.0 Å². The molecule has 0 saturated heterocycles. The van der Waals surface area contributed by atoms with E-state index in [-0.39, 0.29) is 30.3 Å². The van der Waals surface area contributed by atoms with Gasteiger partial charge in [0.15, 0.2) is 0 Å². The topological polar surface area (TPSA) is 114 Å². The number of ether oxygens (including phenoxy) is 2. The van der Waals surface area contributed by atoms with Crippen molar-refractivity contribution in [3.8, 4) is 5.75 Å². The van der Waals surface area contributed by atoms with Gasteiger partial charge in [-0.05, 0) is 54.7 Å². The van der Waals surface area contributed by atoms with E-state index in [4.69, 9.17) is 14.6 Å². The third kappa shape index (κ3) is 8.88. The van der Waals surface area contributed by atoms with Gasteiger partial charge in [-0.1, -0.05) is 37.6 Å². The van der Waals surface area contributed by atoms with Crippen molar-refractivity contribution in [2.24, 2.45) is 23.7 Å². The molecule has 33 heavy (non-hydrogen) atoms. The molecular formula is C25H36N2O6. The molecule has 1 aromatic rings. The number of benzene rings is 1. The van der Waals surface area contributed by atoms with Gasteiger partial charge in [0, 0.05) is 19.5 Å². The van der Waals surface area contributed by atoms with E-state index in [1.165, 1.54) is 0 Å². The molecule has 8 heteroatoms. The van der Waals surface area contributed by atoms with Crippen LogP contribution < -0.4 is 15.4 Å². The molecule has 8 nitrogen and oxygen atoms in total. The number of carbonyl (C=O) groups is 3. The number of carboxylic acid groups (broad SMARTS) is 1. The molecule has 3 N–H and O–H groups in total. The van der Waals surface area contributed by atoms with Crippen LogP contribution in [-0.4, -0.2) is 49.8 Å². The summed E-state index contributed by atoms with van der Waals surface area (Å²) in [5, 5.41) is 14.4. The van der Waals surface area contributed by atoms with E-state index in [1.54, 1.807) is 7.11 Å². The lowest BCUT2D eigenvalue weighted by Crippen LogP contribution is -2.39. The maximum Gasteiger partial charge on any atom is 0.329 e. The van der Waals surface area contributed by atoms with Crippen molar-refractivity contribution in [2.45, 2.75) is 40.2 Å². The molecule has 182 valence electrons. The van der Waals surface area contributed by atoms with E-state index in [1.807, 2.05) is 31.2 Å². The van der Waals surface area contributed by atoms with Crippen molar-refractivity contribution in [3.05, 3.63) is 41.5 Å². The molecule has 1 aromatic carbocycles. The summed E-state index contributed by atoms with van der Waals surface area (Å²) in [4.78, 5) is 35.0. The van der Waals surface area contributed by atoms with Crippen LogP contribution in [0.5, 0.6) is 5.75 Å². The zero-order valence-corrected chi connectivity index (χ0v) is 19.9. The van der Waals surface area contributed by atoms with Crippen LogP contribution in [0.25, 0.3) is 0 Å². The number of allylic oxidation sites excluding steroid dienone is 1. The molecular weight excluding hydrogens is 424 g/mol. The summed E-state index contributed by atoms with van der Waals surface area (Å²) in [6, 6.07) is 7.62. The number of carboxylic acids is 1. The van der Waals surface area contributed by atoms with Crippen LogP contribution in [-0.2, 0) is 25.7 Å². The van der Waals surface area contributed by atoms with E-state index in [0.717, 1.165) is 23.3 Å². The highest BCUT2D eigenvalue weighted by Crippen LogP contribution is 2.38. The second-order valence-corrected chi connectivity index (χ2v) is 8.93. The highest BCUT2D eigenvalue weighted by atomic mass is 16.5. The van der Waals surface area contributed by atoms with Gasteiger partial charge in [-0.2, -0.15) is 0 Å². The normalized spacial score (nSPS) is 20.2. The van der Waals surface area contributed by atoms with E-state index < -0.39 is 12.6 Å². The highest BCUT2D eigenvalue weighted by Gasteiger charge is 2.32. The Morgan fingerprint density at radius 1 is 1.09 bits per heavy atom. The van der Waals surface area contributed by atoms with Crippen molar-refractivity contribution in [1.82, 2.24) is 10.6 Å². The van der Waals surface area contributed by atoms with Crippen LogP contribution in [0.2, 0.25) is 0 Å².